The molecular formula is C11H15N3OS. The fourth-order valence-electron chi connectivity index (χ4n) is 1.42. The molecule has 2 rings (SSSR count). The van der Waals surface area contributed by atoms with Crippen LogP contribution in [0, 0.1) is 0 Å². The maximum absolute atomic E-state index is 5.50. The SMILES string of the molecule is CC(NCc1ccc(CN)o1)c1nccs1. The molecule has 16 heavy (non-hydrogen) atoms. The Bertz CT molecular complexity index is 424. The van der Waals surface area contributed by atoms with Crippen molar-refractivity contribution >= 4 is 11.3 Å². The third-order valence-corrected chi connectivity index (χ3v) is 3.28. The van der Waals surface area contributed by atoms with Crippen molar-refractivity contribution in [1.82, 2.24) is 10.3 Å². The molecule has 0 radical (unpaired) electrons. The number of nitrogens with zero attached hydrogens (tertiary/aromatic N) is 1. The Morgan fingerprint density at radius 2 is 2.31 bits per heavy atom. The van der Waals surface area contributed by atoms with Crippen LogP contribution in [0.25, 0.3) is 0 Å². The fraction of sp³-hybridized carbons (Fsp3) is 0.364. The summed E-state index contributed by atoms with van der Waals surface area (Å²) in [6.07, 6.45) is 1.82. The molecule has 4 nitrogen and oxygen atoms in total. The molecule has 1 unspecified atom stereocenters. The molecule has 0 aliphatic carbocycles. The molecule has 0 aromatic carbocycles. The van der Waals surface area contributed by atoms with Gasteiger partial charge in [-0.1, -0.05) is 0 Å². The van der Waals surface area contributed by atoms with E-state index in [0.29, 0.717) is 13.1 Å². The molecular weight excluding hydrogens is 222 g/mol. The Morgan fingerprint density at radius 1 is 1.50 bits per heavy atom. The number of hydrogen-bond donors (Lipinski definition) is 2. The van der Waals surface area contributed by atoms with Crippen LogP contribution in [0.15, 0.2) is 28.1 Å². The smallest absolute Gasteiger partial charge is 0.118 e. The second-order valence-electron chi connectivity index (χ2n) is 3.55. The van der Waals surface area contributed by atoms with Crippen molar-refractivity contribution in [1.29, 1.82) is 0 Å². The Morgan fingerprint density at radius 3 is 2.94 bits per heavy atom. The Hall–Kier alpha value is -1.17. The third kappa shape index (κ3) is 2.69. The summed E-state index contributed by atoms with van der Waals surface area (Å²) in [4.78, 5) is 4.26. The van der Waals surface area contributed by atoms with Crippen molar-refractivity contribution < 1.29 is 4.42 Å². The quantitative estimate of drug-likeness (QED) is 0.835. The zero-order chi connectivity index (χ0) is 11.4. The van der Waals surface area contributed by atoms with Gasteiger partial charge in [0, 0.05) is 11.6 Å². The lowest BCUT2D eigenvalue weighted by atomic mass is 10.3. The largest absolute Gasteiger partial charge is 0.463 e. The zero-order valence-corrected chi connectivity index (χ0v) is 9.96. The highest BCUT2D eigenvalue weighted by atomic mass is 32.1. The third-order valence-electron chi connectivity index (χ3n) is 2.32. The van der Waals surface area contributed by atoms with E-state index in [1.54, 1.807) is 11.3 Å². The van der Waals surface area contributed by atoms with Gasteiger partial charge in [0.1, 0.15) is 16.5 Å². The molecule has 1 atom stereocenters. The average Bonchev–Trinajstić information content (AvgIpc) is 2.96. The number of nitrogens with two attached hydrogens (primary N) is 1. The van der Waals surface area contributed by atoms with Gasteiger partial charge in [0.15, 0.2) is 0 Å². The maximum atomic E-state index is 5.50. The van der Waals surface area contributed by atoms with Crippen molar-refractivity contribution in [2.45, 2.75) is 26.1 Å². The molecule has 0 aliphatic rings. The van der Waals surface area contributed by atoms with E-state index in [1.807, 2.05) is 23.7 Å². The van der Waals surface area contributed by atoms with Gasteiger partial charge in [0.2, 0.25) is 0 Å². The molecule has 86 valence electrons. The van der Waals surface area contributed by atoms with Crippen LogP contribution in [0.3, 0.4) is 0 Å². The Balaban J connectivity index is 1.87. The van der Waals surface area contributed by atoms with Crippen LogP contribution in [0.1, 0.15) is 29.5 Å². The summed E-state index contributed by atoms with van der Waals surface area (Å²) in [5, 5.41) is 6.42. The number of nitrogens with one attached hydrogen (secondary N) is 1. The van der Waals surface area contributed by atoms with Gasteiger partial charge in [-0.3, -0.25) is 0 Å². The standard InChI is InChI=1S/C11H15N3OS/c1-8(11-13-4-5-16-11)14-7-10-3-2-9(6-12)15-10/h2-5,8,14H,6-7,12H2,1H3. The second kappa shape index (κ2) is 5.25. The average molecular weight is 237 g/mol. The monoisotopic (exact) mass is 237 g/mol. The molecule has 2 heterocycles. The zero-order valence-electron chi connectivity index (χ0n) is 9.14. The summed E-state index contributed by atoms with van der Waals surface area (Å²) < 4.78 is 5.50. The molecule has 0 spiro atoms. The molecule has 0 amide bonds. The van der Waals surface area contributed by atoms with E-state index < -0.39 is 0 Å². The number of furan rings is 1. The lowest BCUT2D eigenvalue weighted by Crippen LogP contribution is -2.17. The minimum absolute atomic E-state index is 0.242. The Kier molecular flexibility index (Phi) is 3.71. The number of thiazole rings is 1. The number of rotatable bonds is 5. The summed E-state index contributed by atoms with van der Waals surface area (Å²) in [5.74, 6) is 1.72. The van der Waals surface area contributed by atoms with E-state index in [-0.39, 0.29) is 6.04 Å². The van der Waals surface area contributed by atoms with E-state index >= 15 is 0 Å². The van der Waals surface area contributed by atoms with Gasteiger partial charge >= 0.3 is 0 Å². The fourth-order valence-corrected chi connectivity index (χ4v) is 2.09. The van der Waals surface area contributed by atoms with Crippen LogP contribution in [0.2, 0.25) is 0 Å². The minimum Gasteiger partial charge on any atom is -0.463 e. The van der Waals surface area contributed by atoms with E-state index in [1.165, 1.54) is 0 Å². The summed E-state index contributed by atoms with van der Waals surface area (Å²) in [6.45, 7) is 3.23. The van der Waals surface area contributed by atoms with Crippen molar-refractivity contribution in [3.63, 3.8) is 0 Å². The lowest BCUT2D eigenvalue weighted by molar-refractivity contribution is 0.433. The molecule has 0 bridgehead atoms. The number of aromatic nitrogens is 1. The topological polar surface area (TPSA) is 64.1 Å². The van der Waals surface area contributed by atoms with Crippen molar-refractivity contribution in [2.75, 3.05) is 0 Å². The normalized spacial score (nSPS) is 12.9. The van der Waals surface area contributed by atoms with Gasteiger partial charge in [0.05, 0.1) is 19.1 Å². The first kappa shape index (κ1) is 11.3. The lowest BCUT2D eigenvalue weighted by Gasteiger charge is -2.09. The highest BCUT2D eigenvalue weighted by molar-refractivity contribution is 7.09. The predicted molar refractivity (Wildman–Crippen MR) is 64.0 cm³/mol. The Labute approximate surface area is 98.5 Å². The van der Waals surface area contributed by atoms with Crippen LogP contribution in [-0.4, -0.2) is 4.98 Å². The molecule has 0 fully saturated rings. The van der Waals surface area contributed by atoms with E-state index in [2.05, 4.69) is 17.2 Å². The summed E-state index contributed by atoms with van der Waals surface area (Å²) >= 11 is 1.65. The molecule has 2 aromatic heterocycles. The highest BCUT2D eigenvalue weighted by Gasteiger charge is 2.08. The van der Waals surface area contributed by atoms with E-state index in [0.717, 1.165) is 16.5 Å². The molecule has 0 saturated carbocycles. The van der Waals surface area contributed by atoms with Crippen LogP contribution in [0.5, 0.6) is 0 Å². The summed E-state index contributed by atoms with van der Waals surface area (Å²) in [7, 11) is 0. The van der Waals surface area contributed by atoms with Gasteiger partial charge in [0.25, 0.3) is 0 Å². The summed E-state index contributed by atoms with van der Waals surface area (Å²) in [5.41, 5.74) is 5.47. The second-order valence-corrected chi connectivity index (χ2v) is 4.47. The van der Waals surface area contributed by atoms with Crippen molar-refractivity contribution in [3.8, 4) is 0 Å². The summed E-state index contributed by atoms with van der Waals surface area (Å²) in [6, 6.07) is 4.10. The first-order chi connectivity index (χ1) is 7.79. The van der Waals surface area contributed by atoms with Gasteiger partial charge in [-0.05, 0) is 19.1 Å². The predicted octanol–water partition coefficient (Wildman–Crippen LogP) is 2.05. The first-order valence-electron chi connectivity index (χ1n) is 5.20. The van der Waals surface area contributed by atoms with Gasteiger partial charge in [-0.2, -0.15) is 0 Å². The molecule has 2 aromatic rings. The van der Waals surface area contributed by atoms with Crippen LogP contribution < -0.4 is 11.1 Å². The molecule has 3 N–H and O–H groups in total. The molecule has 5 heteroatoms. The van der Waals surface area contributed by atoms with Crippen LogP contribution >= 0.6 is 11.3 Å². The van der Waals surface area contributed by atoms with E-state index in [9.17, 15) is 0 Å². The van der Waals surface area contributed by atoms with Gasteiger partial charge in [-0.15, -0.1) is 11.3 Å². The van der Waals surface area contributed by atoms with Gasteiger partial charge < -0.3 is 15.5 Å². The molecule has 0 saturated heterocycles. The van der Waals surface area contributed by atoms with Crippen LogP contribution in [-0.2, 0) is 13.1 Å². The van der Waals surface area contributed by atoms with Crippen molar-refractivity contribution in [3.05, 3.63) is 40.2 Å². The van der Waals surface area contributed by atoms with Gasteiger partial charge in [-0.25, -0.2) is 4.98 Å². The highest BCUT2D eigenvalue weighted by Crippen LogP contribution is 2.15. The number of hydrogen-bond acceptors (Lipinski definition) is 5. The maximum Gasteiger partial charge on any atom is 0.118 e. The first-order valence-corrected chi connectivity index (χ1v) is 6.08. The van der Waals surface area contributed by atoms with Crippen LogP contribution in [0.4, 0.5) is 0 Å². The minimum atomic E-state index is 0.242. The van der Waals surface area contributed by atoms with Crippen molar-refractivity contribution in [2.24, 2.45) is 5.73 Å². The molecule has 0 aliphatic heterocycles. The van der Waals surface area contributed by atoms with E-state index in [4.69, 9.17) is 10.2 Å².